The minimum absolute atomic E-state index is 0.0665. The summed E-state index contributed by atoms with van der Waals surface area (Å²) in [5, 5.41) is 5.91. The summed E-state index contributed by atoms with van der Waals surface area (Å²) in [6, 6.07) is 2.69. The molecule has 104 valence electrons. The number of ether oxygens (including phenoxy) is 1. The van der Waals surface area contributed by atoms with E-state index >= 15 is 0 Å². The fourth-order valence-corrected chi connectivity index (χ4v) is 2.43. The van der Waals surface area contributed by atoms with E-state index in [9.17, 15) is 9.18 Å². The Balaban J connectivity index is 2.05. The van der Waals surface area contributed by atoms with Crippen molar-refractivity contribution < 1.29 is 13.9 Å². The molecule has 1 amide bonds. The van der Waals surface area contributed by atoms with Crippen molar-refractivity contribution in [2.24, 2.45) is 0 Å². The third-order valence-corrected chi connectivity index (χ3v) is 3.87. The molecule has 0 spiro atoms. The fraction of sp³-hybridized carbons (Fsp3) is 0.462. The molecule has 1 heterocycles. The zero-order chi connectivity index (χ0) is 14.0. The number of amides is 1. The van der Waals surface area contributed by atoms with Crippen LogP contribution in [-0.4, -0.2) is 31.7 Å². The number of methoxy groups -OCH3 is 1. The molecule has 2 rings (SSSR count). The van der Waals surface area contributed by atoms with E-state index in [1.54, 1.807) is 20.1 Å². The standard InChI is InChI=1S/C13H16BrFN2O2/c1-7-3-10(15)9(14)5-11(7)17-13(18)12-4-8(19-2)6-16-12/h3,5,8,12,16H,4,6H2,1-2H3,(H,17,18). The Bertz CT molecular complexity index is 496. The molecule has 4 nitrogen and oxygen atoms in total. The third kappa shape index (κ3) is 3.32. The summed E-state index contributed by atoms with van der Waals surface area (Å²) in [5.74, 6) is -0.463. The summed E-state index contributed by atoms with van der Waals surface area (Å²) < 4.78 is 18.8. The first kappa shape index (κ1) is 14.4. The molecule has 6 heteroatoms. The molecule has 1 saturated heterocycles. The lowest BCUT2D eigenvalue weighted by atomic mass is 10.1. The van der Waals surface area contributed by atoms with Gasteiger partial charge in [0.1, 0.15) is 5.82 Å². The van der Waals surface area contributed by atoms with Gasteiger partial charge in [0, 0.05) is 19.3 Å². The molecule has 1 aliphatic heterocycles. The SMILES string of the molecule is COC1CNC(C(=O)Nc2cc(Br)c(F)cc2C)C1. The number of carbonyl (C=O) groups is 1. The van der Waals surface area contributed by atoms with E-state index in [1.165, 1.54) is 6.07 Å². The number of hydrogen-bond acceptors (Lipinski definition) is 3. The smallest absolute Gasteiger partial charge is 0.241 e. The zero-order valence-corrected chi connectivity index (χ0v) is 12.4. The number of benzene rings is 1. The fourth-order valence-electron chi connectivity index (χ4n) is 2.08. The van der Waals surface area contributed by atoms with Crippen LogP contribution in [0.5, 0.6) is 0 Å². The number of aryl methyl sites for hydroxylation is 1. The van der Waals surface area contributed by atoms with Crippen LogP contribution in [0.1, 0.15) is 12.0 Å². The predicted octanol–water partition coefficient (Wildman–Crippen LogP) is 2.21. The molecule has 1 fully saturated rings. The van der Waals surface area contributed by atoms with Crippen molar-refractivity contribution in [2.45, 2.75) is 25.5 Å². The first-order valence-electron chi connectivity index (χ1n) is 6.04. The van der Waals surface area contributed by atoms with Gasteiger partial charge in [-0.1, -0.05) is 0 Å². The molecule has 1 aliphatic rings. The number of anilines is 1. The van der Waals surface area contributed by atoms with Crippen molar-refractivity contribution in [1.82, 2.24) is 5.32 Å². The summed E-state index contributed by atoms with van der Waals surface area (Å²) in [7, 11) is 1.63. The second-order valence-corrected chi connectivity index (χ2v) is 5.48. The van der Waals surface area contributed by atoms with Gasteiger partial charge in [-0.05, 0) is 47.0 Å². The van der Waals surface area contributed by atoms with Gasteiger partial charge >= 0.3 is 0 Å². The lowest BCUT2D eigenvalue weighted by Gasteiger charge is -2.13. The quantitative estimate of drug-likeness (QED) is 0.893. The third-order valence-electron chi connectivity index (χ3n) is 3.27. The van der Waals surface area contributed by atoms with Crippen molar-refractivity contribution in [3.8, 4) is 0 Å². The number of hydrogen-bond donors (Lipinski definition) is 2. The highest BCUT2D eigenvalue weighted by Crippen LogP contribution is 2.24. The van der Waals surface area contributed by atoms with Gasteiger partial charge in [-0.25, -0.2) is 4.39 Å². The van der Waals surface area contributed by atoms with Crippen LogP contribution in [0.15, 0.2) is 16.6 Å². The van der Waals surface area contributed by atoms with E-state index in [-0.39, 0.29) is 23.9 Å². The Kier molecular flexibility index (Phi) is 4.54. The predicted molar refractivity (Wildman–Crippen MR) is 74.7 cm³/mol. The van der Waals surface area contributed by atoms with Crippen LogP contribution < -0.4 is 10.6 Å². The van der Waals surface area contributed by atoms with E-state index in [2.05, 4.69) is 26.6 Å². The Morgan fingerprint density at radius 2 is 2.32 bits per heavy atom. The second kappa shape index (κ2) is 5.98. The number of carbonyl (C=O) groups excluding carboxylic acids is 1. The zero-order valence-electron chi connectivity index (χ0n) is 10.8. The molecule has 0 bridgehead atoms. The first-order chi connectivity index (χ1) is 9.01. The molecule has 0 radical (unpaired) electrons. The summed E-state index contributed by atoms with van der Waals surface area (Å²) in [6.45, 7) is 2.42. The number of rotatable bonds is 3. The van der Waals surface area contributed by atoms with Crippen LogP contribution in [0.25, 0.3) is 0 Å². The van der Waals surface area contributed by atoms with Gasteiger partial charge in [-0.3, -0.25) is 4.79 Å². The van der Waals surface area contributed by atoms with Crippen molar-refractivity contribution in [3.05, 3.63) is 28.0 Å². The average molecular weight is 331 g/mol. The minimum Gasteiger partial charge on any atom is -0.380 e. The summed E-state index contributed by atoms with van der Waals surface area (Å²) in [6.07, 6.45) is 0.709. The lowest BCUT2D eigenvalue weighted by Crippen LogP contribution is -2.35. The monoisotopic (exact) mass is 330 g/mol. The second-order valence-electron chi connectivity index (χ2n) is 4.62. The lowest BCUT2D eigenvalue weighted by molar-refractivity contribution is -0.118. The molecular weight excluding hydrogens is 315 g/mol. The van der Waals surface area contributed by atoms with Crippen molar-refractivity contribution in [1.29, 1.82) is 0 Å². The highest BCUT2D eigenvalue weighted by Gasteiger charge is 2.29. The van der Waals surface area contributed by atoms with Crippen molar-refractivity contribution >= 4 is 27.5 Å². The highest BCUT2D eigenvalue weighted by molar-refractivity contribution is 9.10. The van der Waals surface area contributed by atoms with Crippen LogP contribution in [0.3, 0.4) is 0 Å². The Morgan fingerprint density at radius 1 is 1.58 bits per heavy atom. The van der Waals surface area contributed by atoms with Gasteiger partial charge in [0.25, 0.3) is 0 Å². The van der Waals surface area contributed by atoms with Crippen LogP contribution in [0.2, 0.25) is 0 Å². The molecule has 2 unspecified atom stereocenters. The molecule has 19 heavy (non-hydrogen) atoms. The van der Waals surface area contributed by atoms with Crippen LogP contribution in [-0.2, 0) is 9.53 Å². The van der Waals surface area contributed by atoms with E-state index < -0.39 is 0 Å². The van der Waals surface area contributed by atoms with Gasteiger partial charge in [0.15, 0.2) is 0 Å². The molecule has 0 aromatic heterocycles. The van der Waals surface area contributed by atoms with Crippen LogP contribution in [0.4, 0.5) is 10.1 Å². The van der Waals surface area contributed by atoms with E-state index in [0.717, 1.165) is 0 Å². The van der Waals surface area contributed by atoms with E-state index in [1.807, 2.05) is 0 Å². The maximum Gasteiger partial charge on any atom is 0.241 e. The summed E-state index contributed by atoms with van der Waals surface area (Å²) in [5.41, 5.74) is 1.30. The Hall–Kier alpha value is -0.980. The van der Waals surface area contributed by atoms with Crippen LogP contribution >= 0.6 is 15.9 Å². The highest BCUT2D eigenvalue weighted by atomic mass is 79.9. The van der Waals surface area contributed by atoms with E-state index in [4.69, 9.17) is 4.74 Å². The summed E-state index contributed by atoms with van der Waals surface area (Å²) >= 11 is 3.11. The molecule has 0 saturated carbocycles. The van der Waals surface area contributed by atoms with Crippen LogP contribution in [0, 0.1) is 12.7 Å². The summed E-state index contributed by atoms with van der Waals surface area (Å²) in [4.78, 5) is 12.1. The number of halogens is 2. The normalized spacial score (nSPS) is 22.5. The number of nitrogens with one attached hydrogen (secondary N) is 2. The first-order valence-corrected chi connectivity index (χ1v) is 6.83. The van der Waals surface area contributed by atoms with Gasteiger partial charge in [0.05, 0.1) is 16.6 Å². The van der Waals surface area contributed by atoms with Gasteiger partial charge in [0.2, 0.25) is 5.91 Å². The molecule has 0 aliphatic carbocycles. The maximum atomic E-state index is 13.3. The maximum absolute atomic E-state index is 13.3. The van der Waals surface area contributed by atoms with Crippen molar-refractivity contribution in [3.63, 3.8) is 0 Å². The molecule has 1 aromatic rings. The van der Waals surface area contributed by atoms with Gasteiger partial charge in [-0.2, -0.15) is 0 Å². The Morgan fingerprint density at radius 3 is 2.95 bits per heavy atom. The molecule has 2 N–H and O–H groups in total. The topological polar surface area (TPSA) is 50.4 Å². The average Bonchev–Trinajstić information content (AvgIpc) is 2.84. The Labute approximate surface area is 119 Å². The molecular formula is C13H16BrFN2O2. The van der Waals surface area contributed by atoms with Gasteiger partial charge < -0.3 is 15.4 Å². The molecule has 2 atom stereocenters. The molecule has 1 aromatic carbocycles. The minimum atomic E-state index is -0.339. The van der Waals surface area contributed by atoms with E-state index in [0.29, 0.717) is 28.7 Å². The largest absolute Gasteiger partial charge is 0.380 e. The van der Waals surface area contributed by atoms with Crippen molar-refractivity contribution in [2.75, 3.05) is 19.0 Å². The van der Waals surface area contributed by atoms with Gasteiger partial charge in [-0.15, -0.1) is 0 Å².